The number of methoxy groups -OCH3 is 1. The minimum Gasteiger partial charge on any atom is -0.491 e. The number of ether oxygens (including phenoxy) is 2. The molecule has 0 radical (unpaired) electrons. The minimum atomic E-state index is -3.95. The van der Waals surface area contributed by atoms with Crippen LogP contribution in [0.25, 0.3) is 10.9 Å². The van der Waals surface area contributed by atoms with E-state index in [1.807, 2.05) is 19.1 Å². The number of hydrogen-bond donors (Lipinski definition) is 2. The molecule has 1 aliphatic heterocycles. The van der Waals surface area contributed by atoms with Crippen LogP contribution in [-0.4, -0.2) is 73.7 Å². The van der Waals surface area contributed by atoms with E-state index in [0.29, 0.717) is 53.9 Å². The molecule has 2 aromatic heterocycles. The summed E-state index contributed by atoms with van der Waals surface area (Å²) in [5.74, 6) is -0.838. The second-order valence-electron chi connectivity index (χ2n) is 8.23. The van der Waals surface area contributed by atoms with Crippen molar-refractivity contribution in [1.82, 2.24) is 9.97 Å². The Bertz CT molecular complexity index is 1370. The zero-order valence-electron chi connectivity index (χ0n) is 20.2. The summed E-state index contributed by atoms with van der Waals surface area (Å²) in [6.07, 6.45) is 1.95. The number of pyridine rings is 1. The number of benzene rings is 1. The number of H-pyrrole nitrogens is 1. The molecule has 0 amide bonds. The molecule has 2 N–H and O–H groups in total. The van der Waals surface area contributed by atoms with Gasteiger partial charge in [-0.2, -0.15) is 8.42 Å². The van der Waals surface area contributed by atoms with Crippen LogP contribution in [0.15, 0.2) is 52.6 Å². The summed E-state index contributed by atoms with van der Waals surface area (Å²) in [5, 5.41) is 10.7. The predicted molar refractivity (Wildman–Crippen MR) is 140 cm³/mol. The van der Waals surface area contributed by atoms with Crippen LogP contribution in [0.3, 0.4) is 0 Å². The van der Waals surface area contributed by atoms with Crippen LogP contribution in [0.1, 0.15) is 19.0 Å². The quantitative estimate of drug-likeness (QED) is 0.359. The number of carboxylic acid groups (broad SMARTS) is 1. The van der Waals surface area contributed by atoms with Crippen LogP contribution in [0.5, 0.6) is 5.75 Å². The first kappa shape index (κ1) is 26.0. The first-order valence-corrected chi connectivity index (χ1v) is 13.7. The van der Waals surface area contributed by atoms with Crippen LogP contribution in [0.4, 0.5) is 5.69 Å². The van der Waals surface area contributed by atoms with Crippen molar-refractivity contribution in [3.8, 4) is 5.75 Å². The fourth-order valence-electron chi connectivity index (χ4n) is 4.00. The van der Waals surface area contributed by atoms with Gasteiger partial charge in [0, 0.05) is 37.1 Å². The summed E-state index contributed by atoms with van der Waals surface area (Å²) < 4.78 is 38.7. The highest BCUT2D eigenvalue weighted by molar-refractivity contribution is 8.15. The number of carbonyl (C=O) groups is 1. The van der Waals surface area contributed by atoms with Gasteiger partial charge in [-0.05, 0) is 30.7 Å². The Labute approximate surface area is 213 Å². The molecule has 3 heterocycles. The van der Waals surface area contributed by atoms with E-state index in [2.05, 4.69) is 15.0 Å². The number of sulfonamides is 1. The third-order valence-electron chi connectivity index (χ3n) is 5.95. The second kappa shape index (κ2) is 10.9. The zero-order valence-corrected chi connectivity index (χ0v) is 21.8. The number of aromatic amines is 1. The molecular formula is C24H28N4O6S2. The molecule has 0 aliphatic carbocycles. The number of aliphatic carboxylic acids is 1. The molecule has 0 bridgehead atoms. The Kier molecular flexibility index (Phi) is 7.86. The Morgan fingerprint density at radius 3 is 2.78 bits per heavy atom. The van der Waals surface area contributed by atoms with Crippen molar-refractivity contribution < 1.29 is 27.8 Å². The van der Waals surface area contributed by atoms with Gasteiger partial charge in [0.25, 0.3) is 10.0 Å². The van der Waals surface area contributed by atoms with E-state index in [1.165, 1.54) is 35.4 Å². The minimum absolute atomic E-state index is 0.0732. The molecule has 12 heteroatoms. The first-order chi connectivity index (χ1) is 17.3. The maximum atomic E-state index is 13.3. The summed E-state index contributed by atoms with van der Waals surface area (Å²) >= 11 is 1.43. The molecule has 10 nitrogen and oxygen atoms in total. The lowest BCUT2D eigenvalue weighted by Crippen LogP contribution is -2.27. The summed E-state index contributed by atoms with van der Waals surface area (Å²) in [7, 11) is -0.906. The molecule has 1 aromatic carbocycles. The molecule has 3 aromatic rings. The first-order valence-electron chi connectivity index (χ1n) is 11.4. The summed E-state index contributed by atoms with van der Waals surface area (Å²) in [6.45, 7) is 2.94. The molecule has 36 heavy (non-hydrogen) atoms. The number of thioether (sulfide) groups is 1. The Hall–Kier alpha value is -3.09. The van der Waals surface area contributed by atoms with Gasteiger partial charge in [0.05, 0.1) is 36.0 Å². The SMILES string of the molecule is CCC(C(=O)O)C1CN=C(c2cc3cc(OCCOC)cc(N(C)S(=O)(=O)c4ccccn4)c3[nH]2)S1. The third-order valence-corrected chi connectivity index (χ3v) is 8.99. The molecular weight excluding hydrogens is 504 g/mol. The zero-order chi connectivity index (χ0) is 25.9. The third kappa shape index (κ3) is 5.20. The van der Waals surface area contributed by atoms with Crippen molar-refractivity contribution in [2.75, 3.05) is 38.2 Å². The average molecular weight is 533 g/mol. The fourth-order valence-corrected chi connectivity index (χ4v) is 6.43. The summed E-state index contributed by atoms with van der Waals surface area (Å²) in [4.78, 5) is 23.5. The Morgan fingerprint density at radius 2 is 2.11 bits per heavy atom. The number of fused-ring (bicyclic) bond motifs is 1. The van der Waals surface area contributed by atoms with E-state index < -0.39 is 21.9 Å². The van der Waals surface area contributed by atoms with Gasteiger partial charge in [-0.25, -0.2) is 4.98 Å². The highest BCUT2D eigenvalue weighted by atomic mass is 32.2. The van der Waals surface area contributed by atoms with Crippen molar-refractivity contribution in [1.29, 1.82) is 0 Å². The highest BCUT2D eigenvalue weighted by Gasteiger charge is 2.33. The van der Waals surface area contributed by atoms with Crippen molar-refractivity contribution in [3.63, 3.8) is 0 Å². The number of aliphatic imine (C=N–C) groups is 1. The van der Waals surface area contributed by atoms with E-state index in [1.54, 1.807) is 25.3 Å². The van der Waals surface area contributed by atoms with Crippen LogP contribution in [-0.2, 0) is 19.6 Å². The van der Waals surface area contributed by atoms with E-state index in [-0.39, 0.29) is 10.3 Å². The number of hydrogen-bond acceptors (Lipinski definition) is 8. The van der Waals surface area contributed by atoms with Gasteiger partial charge < -0.3 is 19.6 Å². The second-order valence-corrected chi connectivity index (χ2v) is 11.4. The van der Waals surface area contributed by atoms with E-state index in [4.69, 9.17) is 9.47 Å². The standard InChI is InChI=1S/C24H28N4O6S2/c1-4-17(24(29)30)20-14-26-23(35-20)18-12-15-11-16(34-10-9-33-3)13-19(22(15)27-18)28(2)36(31,32)21-7-5-6-8-25-21/h5-8,11-13,17,20,27H,4,9-10,14H2,1-3H3,(H,29,30). The molecule has 0 spiro atoms. The lowest BCUT2D eigenvalue weighted by Gasteiger charge is -2.20. The molecule has 0 fully saturated rings. The van der Waals surface area contributed by atoms with Gasteiger partial charge in [-0.15, -0.1) is 0 Å². The van der Waals surface area contributed by atoms with Gasteiger partial charge in [0.2, 0.25) is 0 Å². The molecule has 4 rings (SSSR count). The fraction of sp³-hybridized carbons (Fsp3) is 0.375. The van der Waals surface area contributed by atoms with Crippen molar-refractivity contribution in [2.45, 2.75) is 23.6 Å². The van der Waals surface area contributed by atoms with Crippen LogP contribution in [0, 0.1) is 5.92 Å². The number of rotatable bonds is 11. The van der Waals surface area contributed by atoms with Crippen molar-refractivity contribution >= 4 is 49.4 Å². The molecule has 0 saturated carbocycles. The maximum absolute atomic E-state index is 13.3. The summed E-state index contributed by atoms with van der Waals surface area (Å²) in [5.41, 5.74) is 1.66. The van der Waals surface area contributed by atoms with Gasteiger partial charge >= 0.3 is 5.97 Å². The van der Waals surface area contributed by atoms with Crippen LogP contribution in [0.2, 0.25) is 0 Å². The molecule has 192 valence electrons. The average Bonchev–Trinajstić information content (AvgIpc) is 3.51. The topological polar surface area (TPSA) is 134 Å². The number of aromatic nitrogens is 2. The molecule has 2 unspecified atom stereocenters. The van der Waals surface area contributed by atoms with Crippen molar-refractivity contribution in [2.24, 2.45) is 10.9 Å². The van der Waals surface area contributed by atoms with Gasteiger partial charge in [-0.3, -0.25) is 14.1 Å². The summed E-state index contributed by atoms with van der Waals surface area (Å²) in [6, 6.07) is 10.1. The molecule has 2 atom stereocenters. The normalized spacial score (nSPS) is 16.6. The number of carboxylic acids is 1. The Balaban J connectivity index is 1.73. The van der Waals surface area contributed by atoms with Gasteiger partial charge in [-0.1, -0.05) is 24.8 Å². The smallest absolute Gasteiger partial charge is 0.307 e. The van der Waals surface area contributed by atoms with E-state index >= 15 is 0 Å². The van der Waals surface area contributed by atoms with E-state index in [9.17, 15) is 18.3 Å². The largest absolute Gasteiger partial charge is 0.491 e. The van der Waals surface area contributed by atoms with Gasteiger partial charge in [0.1, 0.15) is 17.4 Å². The highest BCUT2D eigenvalue weighted by Crippen LogP contribution is 2.37. The lowest BCUT2D eigenvalue weighted by atomic mass is 10.0. The molecule has 0 saturated heterocycles. The number of nitrogens with one attached hydrogen (secondary N) is 1. The number of anilines is 1. The maximum Gasteiger partial charge on any atom is 0.307 e. The predicted octanol–water partition coefficient (Wildman–Crippen LogP) is 3.39. The van der Waals surface area contributed by atoms with Crippen LogP contribution < -0.4 is 9.04 Å². The monoisotopic (exact) mass is 532 g/mol. The van der Waals surface area contributed by atoms with Crippen LogP contribution >= 0.6 is 11.8 Å². The molecule has 1 aliphatic rings. The Morgan fingerprint density at radius 1 is 1.31 bits per heavy atom. The van der Waals surface area contributed by atoms with E-state index in [0.717, 1.165) is 5.39 Å². The number of nitrogens with zero attached hydrogens (tertiary/aromatic N) is 3. The van der Waals surface area contributed by atoms with Gasteiger partial charge in [0.15, 0.2) is 5.03 Å². The van der Waals surface area contributed by atoms with Crippen molar-refractivity contribution in [3.05, 3.63) is 48.3 Å². The lowest BCUT2D eigenvalue weighted by molar-refractivity contribution is -0.141.